The first-order valence-electron chi connectivity index (χ1n) is 17.0. The second kappa shape index (κ2) is 18.2. The van der Waals surface area contributed by atoms with E-state index in [1.54, 1.807) is 37.8 Å². The van der Waals surface area contributed by atoms with Crippen LogP contribution in [0.2, 0.25) is 0 Å². The number of nitrogens with two attached hydrogens (primary N) is 1. The van der Waals surface area contributed by atoms with Crippen LogP contribution < -0.4 is 11.1 Å². The molecule has 2 aromatic carbocycles. The Kier molecular flexibility index (Phi) is 13.9. The number of benzene rings is 2. The molecule has 2 aromatic heterocycles. The molecule has 8 nitrogen and oxygen atoms in total. The van der Waals surface area contributed by atoms with Gasteiger partial charge in [-0.05, 0) is 77.6 Å². The highest BCUT2D eigenvalue weighted by molar-refractivity contribution is 7.09. The van der Waals surface area contributed by atoms with Crippen LogP contribution in [0.25, 0.3) is 11.1 Å². The van der Waals surface area contributed by atoms with Gasteiger partial charge in [-0.1, -0.05) is 80.6 Å². The number of nitrogens with zero attached hydrogens (tertiary/aromatic N) is 3. The number of aromatic nitrogens is 1. The molecule has 3 amide bonds. The van der Waals surface area contributed by atoms with Crippen LogP contribution in [0, 0.1) is 0 Å². The highest BCUT2D eigenvalue weighted by atomic mass is 32.1. The molecule has 0 bridgehead atoms. The minimum absolute atomic E-state index is 0.239. The SMILES string of the molecule is CCC(N)(CC)C/C=C/C(=O)N(C)C(Cc1ccc(-c2ccccc2)cc1)C(=O)N(C)C(Cc1cccs1)C(=O)NCCc1ccncc1. The van der Waals surface area contributed by atoms with Gasteiger partial charge in [-0.2, -0.15) is 0 Å². The zero-order valence-electron chi connectivity index (χ0n) is 29.0. The minimum Gasteiger partial charge on any atom is -0.354 e. The maximum absolute atomic E-state index is 14.5. The summed E-state index contributed by atoms with van der Waals surface area (Å²) in [6, 6.07) is 24.3. The van der Waals surface area contributed by atoms with Gasteiger partial charge in [0.2, 0.25) is 17.7 Å². The third-order valence-corrected chi connectivity index (χ3v) is 10.2. The molecule has 0 saturated heterocycles. The molecule has 49 heavy (non-hydrogen) atoms. The Morgan fingerprint density at radius 1 is 0.837 bits per heavy atom. The summed E-state index contributed by atoms with van der Waals surface area (Å²) in [6.45, 7) is 4.51. The van der Waals surface area contributed by atoms with Crippen molar-refractivity contribution in [3.63, 3.8) is 0 Å². The standard InChI is InChI=1S/C40H49N5O3S/c1-5-40(41,6-2)23-10-15-37(46)44(3)36(28-31-16-18-33(19-17-31)32-12-8-7-9-13-32)39(48)45(4)35(29-34-14-11-27-49-34)38(47)43-26-22-30-20-24-42-25-21-30/h7-21,24-25,27,35-36H,5-6,22-23,26,28-29,41H2,1-4H3,(H,43,47)/b15-10+. The fourth-order valence-corrected chi connectivity index (χ4v) is 6.44. The zero-order chi connectivity index (χ0) is 35.2. The van der Waals surface area contributed by atoms with E-state index < -0.39 is 12.1 Å². The Morgan fingerprint density at radius 3 is 2.14 bits per heavy atom. The Hall–Kier alpha value is -4.60. The third-order valence-electron chi connectivity index (χ3n) is 9.34. The molecule has 0 aliphatic heterocycles. The highest BCUT2D eigenvalue weighted by Gasteiger charge is 2.35. The van der Waals surface area contributed by atoms with Gasteiger partial charge in [0.15, 0.2) is 0 Å². The molecule has 4 rings (SSSR count). The van der Waals surface area contributed by atoms with Crippen LogP contribution in [0.15, 0.2) is 109 Å². The first kappa shape index (κ1) is 37.2. The van der Waals surface area contributed by atoms with E-state index in [-0.39, 0.29) is 29.7 Å². The number of hydrogen-bond donors (Lipinski definition) is 2. The second-order valence-corrected chi connectivity index (χ2v) is 13.6. The van der Waals surface area contributed by atoms with Crippen molar-refractivity contribution in [2.24, 2.45) is 5.73 Å². The monoisotopic (exact) mass is 679 g/mol. The van der Waals surface area contributed by atoms with Crippen LogP contribution in [-0.2, 0) is 33.6 Å². The van der Waals surface area contributed by atoms with E-state index in [9.17, 15) is 14.4 Å². The quantitative estimate of drug-likeness (QED) is 0.132. The average molecular weight is 680 g/mol. The lowest BCUT2D eigenvalue weighted by molar-refractivity contribution is -0.146. The molecular weight excluding hydrogens is 631 g/mol. The van der Waals surface area contributed by atoms with Crippen molar-refractivity contribution in [1.29, 1.82) is 0 Å². The molecule has 4 aromatic rings. The molecular formula is C40H49N5O3S. The highest BCUT2D eigenvalue weighted by Crippen LogP contribution is 2.22. The summed E-state index contributed by atoms with van der Waals surface area (Å²) in [5.74, 6) is -0.840. The van der Waals surface area contributed by atoms with Crippen LogP contribution in [0.5, 0.6) is 0 Å². The van der Waals surface area contributed by atoms with Crippen molar-refractivity contribution in [2.45, 2.75) is 70.0 Å². The predicted octanol–water partition coefficient (Wildman–Crippen LogP) is 6.07. The van der Waals surface area contributed by atoms with E-state index in [0.717, 1.165) is 40.0 Å². The summed E-state index contributed by atoms with van der Waals surface area (Å²) in [6.07, 6.45) is 10.2. The average Bonchev–Trinajstić information content (AvgIpc) is 3.66. The van der Waals surface area contributed by atoms with Gasteiger partial charge in [0, 0.05) is 56.3 Å². The Bertz CT molecular complexity index is 1640. The topological polar surface area (TPSA) is 109 Å². The number of hydrogen-bond acceptors (Lipinski definition) is 6. The minimum atomic E-state index is -0.847. The fraction of sp³-hybridized carbons (Fsp3) is 0.350. The zero-order valence-corrected chi connectivity index (χ0v) is 29.9. The maximum Gasteiger partial charge on any atom is 0.246 e. The summed E-state index contributed by atoms with van der Waals surface area (Å²) >= 11 is 1.55. The van der Waals surface area contributed by atoms with E-state index in [0.29, 0.717) is 25.8 Å². The van der Waals surface area contributed by atoms with Gasteiger partial charge in [-0.3, -0.25) is 19.4 Å². The summed E-state index contributed by atoms with van der Waals surface area (Å²) in [5, 5.41) is 5.00. The normalized spacial score (nSPS) is 12.8. The van der Waals surface area contributed by atoms with E-state index in [1.165, 1.54) is 15.9 Å². The summed E-state index contributed by atoms with van der Waals surface area (Å²) in [5.41, 5.74) is 10.2. The third kappa shape index (κ3) is 10.7. The van der Waals surface area contributed by atoms with Crippen LogP contribution in [0.4, 0.5) is 0 Å². The lowest BCUT2D eigenvalue weighted by Crippen LogP contribution is -2.56. The van der Waals surface area contributed by atoms with Gasteiger partial charge in [-0.15, -0.1) is 11.3 Å². The van der Waals surface area contributed by atoms with Crippen LogP contribution in [0.1, 0.15) is 49.1 Å². The first-order valence-corrected chi connectivity index (χ1v) is 17.8. The number of rotatable bonds is 17. The number of amides is 3. The molecule has 0 spiro atoms. The summed E-state index contributed by atoms with van der Waals surface area (Å²) in [4.78, 5) is 49.9. The molecule has 9 heteroatoms. The van der Waals surface area contributed by atoms with Gasteiger partial charge in [0.25, 0.3) is 0 Å². The number of carbonyl (C=O) groups excluding carboxylic acids is 3. The van der Waals surface area contributed by atoms with Crippen molar-refractivity contribution >= 4 is 29.1 Å². The van der Waals surface area contributed by atoms with Crippen molar-refractivity contribution < 1.29 is 14.4 Å². The van der Waals surface area contributed by atoms with Crippen LogP contribution in [0.3, 0.4) is 0 Å². The smallest absolute Gasteiger partial charge is 0.246 e. The number of pyridine rings is 1. The largest absolute Gasteiger partial charge is 0.354 e. The Labute approximate surface area is 295 Å². The van der Waals surface area contributed by atoms with Gasteiger partial charge in [0.05, 0.1) is 0 Å². The van der Waals surface area contributed by atoms with Gasteiger partial charge in [-0.25, -0.2) is 0 Å². The summed E-state index contributed by atoms with van der Waals surface area (Å²) in [7, 11) is 3.31. The number of likely N-dealkylation sites (N-methyl/N-ethyl adjacent to an activating group) is 2. The van der Waals surface area contributed by atoms with E-state index >= 15 is 0 Å². The number of thiophene rings is 1. The van der Waals surface area contributed by atoms with Crippen molar-refractivity contribution in [3.05, 3.63) is 125 Å². The van der Waals surface area contributed by atoms with E-state index in [4.69, 9.17) is 5.73 Å². The molecule has 0 fully saturated rings. The van der Waals surface area contributed by atoms with Crippen LogP contribution in [-0.4, -0.2) is 70.8 Å². The van der Waals surface area contributed by atoms with Gasteiger partial charge in [0.1, 0.15) is 12.1 Å². The maximum atomic E-state index is 14.5. The summed E-state index contributed by atoms with van der Waals surface area (Å²) < 4.78 is 0. The number of carbonyl (C=O) groups is 3. The molecule has 0 saturated carbocycles. The van der Waals surface area contributed by atoms with Gasteiger partial charge >= 0.3 is 0 Å². The predicted molar refractivity (Wildman–Crippen MR) is 199 cm³/mol. The van der Waals surface area contributed by atoms with Crippen LogP contribution >= 0.6 is 11.3 Å². The van der Waals surface area contributed by atoms with Crippen molar-refractivity contribution in [1.82, 2.24) is 20.1 Å². The molecule has 0 aliphatic carbocycles. The molecule has 258 valence electrons. The van der Waals surface area contributed by atoms with Crippen molar-refractivity contribution in [3.8, 4) is 11.1 Å². The van der Waals surface area contributed by atoms with E-state index in [2.05, 4.69) is 22.4 Å². The molecule has 3 N–H and O–H groups in total. The lowest BCUT2D eigenvalue weighted by Gasteiger charge is -2.34. The second-order valence-electron chi connectivity index (χ2n) is 12.6. The molecule has 0 radical (unpaired) electrons. The Balaban J connectivity index is 1.58. The molecule has 2 atom stereocenters. The van der Waals surface area contributed by atoms with Crippen molar-refractivity contribution in [2.75, 3.05) is 20.6 Å². The lowest BCUT2D eigenvalue weighted by atomic mass is 9.90. The Morgan fingerprint density at radius 2 is 1.51 bits per heavy atom. The van der Waals surface area contributed by atoms with E-state index in [1.807, 2.05) is 92.0 Å². The first-order chi connectivity index (χ1) is 23.6. The molecule has 2 unspecified atom stereocenters. The molecule has 0 aliphatic rings. The fourth-order valence-electron chi connectivity index (χ4n) is 5.69. The van der Waals surface area contributed by atoms with Gasteiger partial charge < -0.3 is 20.9 Å². The molecule has 2 heterocycles. The number of nitrogens with one attached hydrogen (secondary N) is 1.